The van der Waals surface area contributed by atoms with E-state index < -0.39 is 12.1 Å². The van der Waals surface area contributed by atoms with Gasteiger partial charge in [-0.05, 0) is 49.1 Å². The van der Waals surface area contributed by atoms with Crippen molar-refractivity contribution >= 4 is 22.8 Å². The molecule has 7 heteroatoms. The summed E-state index contributed by atoms with van der Waals surface area (Å²) in [7, 11) is 0. The van der Waals surface area contributed by atoms with Crippen molar-refractivity contribution in [1.29, 1.82) is 0 Å². The van der Waals surface area contributed by atoms with Crippen molar-refractivity contribution in [3.05, 3.63) is 75.3 Å². The van der Waals surface area contributed by atoms with Crippen molar-refractivity contribution in [3.8, 4) is 0 Å². The first-order chi connectivity index (χ1) is 15.0. The molecule has 158 valence electrons. The number of carbonyl (C=O) groups is 2. The van der Waals surface area contributed by atoms with Crippen molar-refractivity contribution < 1.29 is 14.3 Å². The van der Waals surface area contributed by atoms with Crippen molar-refractivity contribution in [2.45, 2.75) is 45.4 Å². The molecule has 7 nitrogen and oxygen atoms in total. The molecule has 2 aliphatic heterocycles. The van der Waals surface area contributed by atoms with Crippen LogP contribution in [0.25, 0.3) is 10.9 Å². The molecule has 1 amide bonds. The Hall–Kier alpha value is -3.48. The van der Waals surface area contributed by atoms with Crippen molar-refractivity contribution in [1.82, 2.24) is 14.5 Å². The maximum Gasteiger partial charge on any atom is 0.338 e. The average molecular weight is 417 g/mol. The summed E-state index contributed by atoms with van der Waals surface area (Å²) < 4.78 is 7.16. The van der Waals surface area contributed by atoms with Crippen LogP contribution in [-0.2, 0) is 35.5 Å². The second-order valence-electron chi connectivity index (χ2n) is 8.15. The zero-order chi connectivity index (χ0) is 21.5. The van der Waals surface area contributed by atoms with Gasteiger partial charge in [0.25, 0.3) is 11.5 Å². The SMILES string of the molecule is CC(OC(=O)c1ccc2c(=O)n3c(nc2c1)CCC3)C(=O)N1CCc2ccccc2C1. The van der Waals surface area contributed by atoms with Gasteiger partial charge in [-0.15, -0.1) is 0 Å². The molecular weight excluding hydrogens is 394 g/mol. The summed E-state index contributed by atoms with van der Waals surface area (Å²) >= 11 is 0. The van der Waals surface area contributed by atoms with Gasteiger partial charge in [0.1, 0.15) is 5.82 Å². The third kappa shape index (κ3) is 3.50. The Labute approximate surface area is 179 Å². The Balaban J connectivity index is 1.32. The first-order valence-electron chi connectivity index (χ1n) is 10.6. The fraction of sp³-hybridized carbons (Fsp3) is 0.333. The average Bonchev–Trinajstić information content (AvgIpc) is 3.26. The van der Waals surface area contributed by atoms with Crippen LogP contribution in [-0.4, -0.2) is 39.0 Å². The molecule has 0 bridgehead atoms. The maximum atomic E-state index is 12.9. The summed E-state index contributed by atoms with van der Waals surface area (Å²) in [5, 5.41) is 0.485. The summed E-state index contributed by atoms with van der Waals surface area (Å²) in [6.07, 6.45) is 1.55. The van der Waals surface area contributed by atoms with Gasteiger partial charge in [0.15, 0.2) is 6.10 Å². The molecule has 0 saturated carbocycles. The minimum absolute atomic E-state index is 0.0775. The number of ether oxygens (including phenoxy) is 1. The molecular formula is C24H23N3O4. The van der Waals surface area contributed by atoms with E-state index in [1.54, 1.807) is 34.6 Å². The highest BCUT2D eigenvalue weighted by molar-refractivity contribution is 5.95. The molecule has 2 aromatic carbocycles. The zero-order valence-electron chi connectivity index (χ0n) is 17.3. The largest absolute Gasteiger partial charge is 0.449 e. The molecule has 0 saturated heterocycles. The van der Waals surface area contributed by atoms with Gasteiger partial charge in [0.2, 0.25) is 0 Å². The molecule has 0 spiro atoms. The number of nitrogens with zero attached hydrogens (tertiary/aromatic N) is 3. The van der Waals surface area contributed by atoms with Crippen molar-refractivity contribution in [2.75, 3.05) is 6.54 Å². The molecule has 3 heterocycles. The van der Waals surface area contributed by atoms with E-state index >= 15 is 0 Å². The lowest BCUT2D eigenvalue weighted by atomic mass is 9.99. The lowest BCUT2D eigenvalue weighted by molar-refractivity contribution is -0.140. The number of rotatable bonds is 3. The molecule has 31 heavy (non-hydrogen) atoms. The lowest BCUT2D eigenvalue weighted by Gasteiger charge is -2.30. The molecule has 2 aliphatic rings. The van der Waals surface area contributed by atoms with Gasteiger partial charge in [0, 0.05) is 26.1 Å². The van der Waals surface area contributed by atoms with Gasteiger partial charge in [0.05, 0.1) is 16.5 Å². The lowest BCUT2D eigenvalue weighted by Crippen LogP contribution is -2.42. The van der Waals surface area contributed by atoms with E-state index in [0.717, 1.165) is 30.7 Å². The van der Waals surface area contributed by atoms with Crippen molar-refractivity contribution in [3.63, 3.8) is 0 Å². The fourth-order valence-corrected chi connectivity index (χ4v) is 4.43. The number of aryl methyl sites for hydroxylation is 1. The summed E-state index contributed by atoms with van der Waals surface area (Å²) in [6, 6.07) is 12.8. The van der Waals surface area contributed by atoms with Gasteiger partial charge in [-0.1, -0.05) is 24.3 Å². The summed E-state index contributed by atoms with van der Waals surface area (Å²) in [5.74, 6) is -0.0580. The molecule has 3 aromatic rings. The third-order valence-electron chi connectivity index (χ3n) is 6.13. The van der Waals surface area contributed by atoms with Crippen LogP contribution in [0.15, 0.2) is 47.3 Å². The molecule has 1 unspecified atom stereocenters. The van der Waals surface area contributed by atoms with Crippen LogP contribution in [0.3, 0.4) is 0 Å². The number of hydrogen-bond donors (Lipinski definition) is 0. The van der Waals surface area contributed by atoms with Gasteiger partial charge in [-0.2, -0.15) is 0 Å². The van der Waals surface area contributed by atoms with E-state index in [0.29, 0.717) is 30.5 Å². The van der Waals surface area contributed by atoms with Gasteiger partial charge < -0.3 is 9.64 Å². The smallest absolute Gasteiger partial charge is 0.338 e. The van der Waals surface area contributed by atoms with Gasteiger partial charge in [-0.25, -0.2) is 9.78 Å². The number of aromatic nitrogens is 2. The number of fused-ring (bicyclic) bond motifs is 3. The van der Waals surface area contributed by atoms with Crippen LogP contribution in [0.2, 0.25) is 0 Å². The second-order valence-corrected chi connectivity index (χ2v) is 8.15. The van der Waals surface area contributed by atoms with Crippen LogP contribution in [0.4, 0.5) is 0 Å². The quantitative estimate of drug-likeness (QED) is 0.612. The minimum Gasteiger partial charge on any atom is -0.449 e. The van der Waals surface area contributed by atoms with Gasteiger partial charge in [-0.3, -0.25) is 14.2 Å². The van der Waals surface area contributed by atoms with E-state index in [-0.39, 0.29) is 17.0 Å². The van der Waals surface area contributed by atoms with Crippen molar-refractivity contribution in [2.24, 2.45) is 0 Å². The summed E-state index contributed by atoms with van der Waals surface area (Å²) in [5.41, 5.74) is 3.07. The van der Waals surface area contributed by atoms with E-state index in [2.05, 4.69) is 11.1 Å². The number of carbonyl (C=O) groups excluding carboxylic acids is 2. The first-order valence-corrected chi connectivity index (χ1v) is 10.6. The summed E-state index contributed by atoms with van der Waals surface area (Å²) in [4.78, 5) is 44.4. The molecule has 5 rings (SSSR count). The first kappa shape index (κ1) is 19.5. The Morgan fingerprint density at radius 3 is 2.71 bits per heavy atom. The maximum absolute atomic E-state index is 12.9. The highest BCUT2D eigenvalue weighted by Gasteiger charge is 2.27. The molecule has 0 N–H and O–H groups in total. The molecule has 0 aliphatic carbocycles. The van der Waals surface area contributed by atoms with Crippen LogP contribution in [0.5, 0.6) is 0 Å². The van der Waals surface area contributed by atoms with Gasteiger partial charge >= 0.3 is 5.97 Å². The number of benzene rings is 2. The Bertz CT molecular complexity index is 1260. The molecule has 1 atom stereocenters. The van der Waals surface area contributed by atoms with E-state index in [9.17, 15) is 14.4 Å². The third-order valence-corrected chi connectivity index (χ3v) is 6.13. The van der Waals surface area contributed by atoms with Crippen LogP contribution < -0.4 is 5.56 Å². The highest BCUT2D eigenvalue weighted by atomic mass is 16.5. The van der Waals surface area contributed by atoms with Crippen LogP contribution in [0, 0.1) is 0 Å². The number of amides is 1. The second kappa shape index (κ2) is 7.65. The zero-order valence-corrected chi connectivity index (χ0v) is 17.3. The number of esters is 1. The Morgan fingerprint density at radius 1 is 1.06 bits per heavy atom. The van der Waals surface area contributed by atoms with E-state index in [4.69, 9.17) is 4.74 Å². The molecule has 0 fully saturated rings. The van der Waals surface area contributed by atoms with E-state index in [1.807, 2.05) is 18.2 Å². The fourth-order valence-electron chi connectivity index (χ4n) is 4.43. The number of hydrogen-bond acceptors (Lipinski definition) is 5. The Kier molecular flexibility index (Phi) is 4.81. The normalized spacial score (nSPS) is 16.0. The predicted octanol–water partition coefficient (Wildman–Crippen LogP) is 2.47. The Morgan fingerprint density at radius 2 is 1.87 bits per heavy atom. The van der Waals surface area contributed by atoms with Crippen LogP contribution in [0.1, 0.15) is 40.7 Å². The monoisotopic (exact) mass is 417 g/mol. The minimum atomic E-state index is -0.896. The summed E-state index contributed by atoms with van der Waals surface area (Å²) in [6.45, 7) is 3.40. The van der Waals surface area contributed by atoms with E-state index in [1.165, 1.54) is 5.56 Å². The standard InChI is InChI=1S/C24H23N3O4/c1-15(22(28)26-12-10-16-5-2-3-6-18(16)14-26)31-24(30)17-8-9-19-20(13-17)25-21-7-4-11-27(21)23(19)29/h2-3,5-6,8-9,13,15H,4,7,10-12,14H2,1H3. The predicted molar refractivity (Wildman–Crippen MR) is 115 cm³/mol. The topological polar surface area (TPSA) is 81.5 Å². The van der Waals surface area contributed by atoms with Crippen LogP contribution >= 0.6 is 0 Å². The highest BCUT2D eigenvalue weighted by Crippen LogP contribution is 2.20. The molecule has 1 aromatic heterocycles. The molecule has 0 radical (unpaired) electrons.